The molecule has 0 atom stereocenters. The Morgan fingerprint density at radius 1 is 1.24 bits per heavy atom. The van der Waals surface area contributed by atoms with E-state index in [4.69, 9.17) is 21.6 Å². The maximum atomic E-state index is 8.59. The molecule has 21 heavy (non-hydrogen) atoms. The van der Waals surface area contributed by atoms with Gasteiger partial charge in [-0.05, 0) is 42.7 Å². The highest BCUT2D eigenvalue weighted by molar-refractivity contribution is 8.13. The van der Waals surface area contributed by atoms with E-state index in [1.165, 1.54) is 11.8 Å². The molecule has 4 nitrogen and oxygen atoms in total. The van der Waals surface area contributed by atoms with Gasteiger partial charge in [0.2, 0.25) is 0 Å². The molecule has 0 bridgehead atoms. The van der Waals surface area contributed by atoms with Crippen LogP contribution in [0.3, 0.4) is 0 Å². The van der Waals surface area contributed by atoms with Crippen LogP contribution in [0.2, 0.25) is 5.02 Å². The zero-order valence-electron chi connectivity index (χ0n) is 11.2. The second kappa shape index (κ2) is 7.58. The van der Waals surface area contributed by atoms with Gasteiger partial charge in [0, 0.05) is 0 Å². The number of nitrogens with zero attached hydrogens (tertiary/aromatic N) is 2. The average molecular weight is 318 g/mol. The molecule has 2 aromatic rings. The van der Waals surface area contributed by atoms with Crippen molar-refractivity contribution >= 4 is 34.2 Å². The van der Waals surface area contributed by atoms with Crippen LogP contribution in [-0.4, -0.2) is 11.4 Å². The molecule has 106 valence electrons. The largest absolute Gasteiger partial charge is 0.456 e. The Morgan fingerprint density at radius 3 is 2.57 bits per heavy atom. The van der Waals surface area contributed by atoms with Gasteiger partial charge in [-0.1, -0.05) is 35.5 Å². The minimum absolute atomic E-state index is 0.539. The summed E-state index contributed by atoms with van der Waals surface area (Å²) in [4.78, 5) is 4.30. The monoisotopic (exact) mass is 317 g/mol. The fourth-order valence-electron chi connectivity index (χ4n) is 1.53. The van der Waals surface area contributed by atoms with Gasteiger partial charge in [0.1, 0.15) is 11.5 Å². The van der Waals surface area contributed by atoms with Gasteiger partial charge in [-0.15, -0.1) is 0 Å². The van der Waals surface area contributed by atoms with Crippen LogP contribution in [-0.2, 0) is 0 Å². The molecule has 0 aliphatic heterocycles. The van der Waals surface area contributed by atoms with E-state index in [2.05, 4.69) is 10.3 Å². The van der Waals surface area contributed by atoms with E-state index < -0.39 is 0 Å². The van der Waals surface area contributed by atoms with Gasteiger partial charge in [-0.3, -0.25) is 5.32 Å². The van der Waals surface area contributed by atoms with E-state index in [1.807, 2.05) is 24.6 Å². The van der Waals surface area contributed by atoms with Crippen molar-refractivity contribution in [3.8, 4) is 17.7 Å². The van der Waals surface area contributed by atoms with E-state index in [0.717, 1.165) is 5.69 Å². The van der Waals surface area contributed by atoms with Crippen LogP contribution >= 0.6 is 23.4 Å². The second-order valence-corrected chi connectivity index (χ2v) is 5.09. The summed E-state index contributed by atoms with van der Waals surface area (Å²) in [5, 5.41) is 12.2. The zero-order chi connectivity index (χ0) is 15.1. The lowest BCUT2D eigenvalue weighted by atomic mass is 10.3. The summed E-state index contributed by atoms with van der Waals surface area (Å²) < 4.78 is 5.69. The number of amidine groups is 1. The first kappa shape index (κ1) is 15.2. The number of thioether (sulfide) groups is 1. The predicted molar refractivity (Wildman–Crippen MR) is 87.3 cm³/mol. The van der Waals surface area contributed by atoms with Crippen molar-refractivity contribution in [2.24, 2.45) is 4.99 Å². The number of nitriles is 1. The third kappa shape index (κ3) is 4.42. The number of rotatable bonds is 3. The van der Waals surface area contributed by atoms with Gasteiger partial charge in [-0.25, -0.2) is 4.99 Å². The summed E-state index contributed by atoms with van der Waals surface area (Å²) in [7, 11) is 0. The highest BCUT2D eigenvalue weighted by Gasteiger charge is 2.02. The lowest BCUT2D eigenvalue weighted by molar-refractivity contribution is 0.483. The Kier molecular flexibility index (Phi) is 5.50. The summed E-state index contributed by atoms with van der Waals surface area (Å²) in [5.41, 5.74) is 0.730. The second-order valence-electron chi connectivity index (χ2n) is 3.88. The van der Waals surface area contributed by atoms with E-state index in [0.29, 0.717) is 21.7 Å². The van der Waals surface area contributed by atoms with Crippen LogP contribution in [0.5, 0.6) is 11.5 Å². The SMILES string of the molecule is CSC(=Nc1ccc(Oc2ccccc2Cl)cc1)NC#N. The maximum Gasteiger partial charge on any atom is 0.183 e. The number of halogens is 1. The zero-order valence-corrected chi connectivity index (χ0v) is 12.8. The van der Waals surface area contributed by atoms with Crippen LogP contribution in [0.25, 0.3) is 0 Å². The number of nitrogens with one attached hydrogen (secondary N) is 1. The molecule has 6 heteroatoms. The molecule has 2 rings (SSSR count). The Balaban J connectivity index is 2.13. The molecular weight excluding hydrogens is 306 g/mol. The number of aliphatic imine (C=N–C) groups is 1. The molecule has 0 unspecified atom stereocenters. The molecule has 0 amide bonds. The third-order valence-corrected chi connectivity index (χ3v) is 3.38. The van der Waals surface area contributed by atoms with Crippen molar-refractivity contribution in [2.45, 2.75) is 0 Å². The summed E-state index contributed by atoms with van der Waals surface area (Å²) >= 11 is 7.41. The first-order valence-corrected chi connectivity index (χ1v) is 7.63. The molecule has 0 aromatic heterocycles. The number of hydrogen-bond donors (Lipinski definition) is 1. The Bertz CT molecular complexity index is 680. The minimum Gasteiger partial charge on any atom is -0.456 e. The van der Waals surface area contributed by atoms with Crippen molar-refractivity contribution in [1.82, 2.24) is 5.32 Å². The van der Waals surface area contributed by atoms with Gasteiger partial charge >= 0.3 is 0 Å². The molecule has 0 heterocycles. The van der Waals surface area contributed by atoms with Crippen molar-refractivity contribution in [1.29, 1.82) is 5.26 Å². The summed E-state index contributed by atoms with van der Waals surface area (Å²) in [6.07, 6.45) is 3.69. The number of para-hydroxylation sites is 1. The Hall–Kier alpha value is -2.16. The lowest BCUT2D eigenvalue weighted by Crippen LogP contribution is -2.12. The highest BCUT2D eigenvalue weighted by Crippen LogP contribution is 2.29. The third-order valence-electron chi connectivity index (χ3n) is 2.49. The van der Waals surface area contributed by atoms with Gasteiger partial charge in [0.05, 0.1) is 10.7 Å². The quantitative estimate of drug-likeness (QED) is 0.390. The van der Waals surface area contributed by atoms with Crippen LogP contribution in [0.4, 0.5) is 5.69 Å². The standard InChI is InChI=1S/C15H12ClN3OS/c1-21-15(18-10-17)19-11-6-8-12(9-7-11)20-14-5-3-2-4-13(14)16/h2-9H,1H3,(H,18,19). The fraction of sp³-hybridized carbons (Fsp3) is 0.0667. The molecule has 0 fully saturated rings. The first-order valence-electron chi connectivity index (χ1n) is 6.03. The Morgan fingerprint density at radius 2 is 1.95 bits per heavy atom. The lowest BCUT2D eigenvalue weighted by Gasteiger charge is -2.07. The van der Waals surface area contributed by atoms with Crippen molar-refractivity contribution in [3.63, 3.8) is 0 Å². The summed E-state index contributed by atoms with van der Waals surface area (Å²) in [6.45, 7) is 0. The minimum atomic E-state index is 0.539. The molecule has 1 N–H and O–H groups in total. The molecule has 0 radical (unpaired) electrons. The normalized spacial score (nSPS) is 10.8. The maximum absolute atomic E-state index is 8.59. The summed E-state index contributed by atoms with van der Waals surface area (Å²) in [6, 6.07) is 14.5. The van der Waals surface area contributed by atoms with Gasteiger partial charge < -0.3 is 4.74 Å². The smallest absolute Gasteiger partial charge is 0.183 e. The van der Waals surface area contributed by atoms with Crippen molar-refractivity contribution in [2.75, 3.05) is 6.26 Å². The van der Waals surface area contributed by atoms with Crippen LogP contribution in [0, 0.1) is 11.5 Å². The molecule has 0 spiro atoms. The van der Waals surface area contributed by atoms with Crippen LogP contribution < -0.4 is 10.1 Å². The topological polar surface area (TPSA) is 57.4 Å². The first-order chi connectivity index (χ1) is 10.2. The van der Waals surface area contributed by atoms with E-state index in [-0.39, 0.29) is 0 Å². The fourth-order valence-corrected chi connectivity index (χ4v) is 2.05. The van der Waals surface area contributed by atoms with Crippen molar-refractivity contribution in [3.05, 3.63) is 53.6 Å². The van der Waals surface area contributed by atoms with Crippen molar-refractivity contribution < 1.29 is 4.74 Å². The number of ether oxygens (including phenoxy) is 1. The predicted octanol–water partition coefficient (Wildman–Crippen LogP) is 4.55. The summed E-state index contributed by atoms with van der Waals surface area (Å²) in [5.74, 6) is 1.27. The molecule has 0 aliphatic carbocycles. The molecule has 0 saturated heterocycles. The molecule has 0 saturated carbocycles. The van der Waals surface area contributed by atoms with Gasteiger partial charge in [0.15, 0.2) is 11.4 Å². The average Bonchev–Trinajstić information content (AvgIpc) is 2.51. The Labute approximate surface area is 132 Å². The molecule has 0 aliphatic rings. The van der Waals surface area contributed by atoms with E-state index >= 15 is 0 Å². The van der Waals surface area contributed by atoms with E-state index in [9.17, 15) is 0 Å². The van der Waals surface area contributed by atoms with Gasteiger partial charge in [0.25, 0.3) is 0 Å². The number of hydrogen-bond acceptors (Lipinski definition) is 4. The molecule has 2 aromatic carbocycles. The van der Waals surface area contributed by atoms with Crippen LogP contribution in [0.1, 0.15) is 0 Å². The number of benzene rings is 2. The molecular formula is C15H12ClN3OS. The van der Waals surface area contributed by atoms with E-state index in [1.54, 1.807) is 36.4 Å². The van der Waals surface area contributed by atoms with Gasteiger partial charge in [-0.2, -0.15) is 5.26 Å². The highest BCUT2D eigenvalue weighted by atomic mass is 35.5. The van der Waals surface area contributed by atoms with Crippen LogP contribution in [0.15, 0.2) is 53.5 Å².